The van der Waals surface area contributed by atoms with Gasteiger partial charge in [0.05, 0.1) is 16.6 Å². The van der Waals surface area contributed by atoms with E-state index in [9.17, 15) is 9.59 Å². The summed E-state index contributed by atoms with van der Waals surface area (Å²) in [7, 11) is 5.43. The molecule has 0 bridgehead atoms. The predicted octanol–water partition coefficient (Wildman–Crippen LogP) is 3.77. The molecule has 0 spiro atoms. The summed E-state index contributed by atoms with van der Waals surface area (Å²) in [5.41, 5.74) is 2.04. The van der Waals surface area contributed by atoms with Crippen molar-refractivity contribution in [2.24, 2.45) is 0 Å². The molecule has 2 aromatic carbocycles. The van der Waals surface area contributed by atoms with Gasteiger partial charge in [-0.25, -0.2) is 0 Å². The van der Waals surface area contributed by atoms with E-state index in [2.05, 4.69) is 5.32 Å². The number of anilines is 2. The number of halogens is 2. The lowest BCUT2D eigenvalue weighted by atomic mass is 10.2. The van der Waals surface area contributed by atoms with Crippen molar-refractivity contribution < 1.29 is 9.59 Å². The smallest absolute Gasteiger partial charge is 0.254 e. The number of nitrogens with zero attached hydrogens (tertiary/aromatic N) is 2. The number of likely N-dealkylation sites (N-methyl/N-ethyl adjacent to an activating group) is 1. The average Bonchev–Trinajstić information content (AvgIpc) is 2.57. The van der Waals surface area contributed by atoms with Crippen LogP contribution < -0.4 is 10.2 Å². The Hall–Kier alpha value is -2.24. The van der Waals surface area contributed by atoms with Gasteiger partial charge in [0.15, 0.2) is 0 Å². The van der Waals surface area contributed by atoms with Gasteiger partial charge in [-0.2, -0.15) is 0 Å². The Labute approximate surface area is 157 Å². The molecule has 1 N–H and O–H groups in total. The Morgan fingerprint density at radius 3 is 2.16 bits per heavy atom. The molecule has 0 unspecified atom stereocenters. The molecule has 0 saturated carbocycles. The summed E-state index contributed by atoms with van der Waals surface area (Å²) in [6.45, 7) is -0.0749. The third-order valence-electron chi connectivity index (χ3n) is 3.56. The highest BCUT2D eigenvalue weighted by molar-refractivity contribution is 6.42. The molecule has 0 fully saturated rings. The highest BCUT2D eigenvalue weighted by Crippen LogP contribution is 2.25. The van der Waals surface area contributed by atoms with Gasteiger partial charge < -0.3 is 15.1 Å². The average molecular weight is 380 g/mol. The van der Waals surface area contributed by atoms with Crippen molar-refractivity contribution in [1.29, 1.82) is 0 Å². The summed E-state index contributed by atoms with van der Waals surface area (Å²) in [5.74, 6) is -0.547. The summed E-state index contributed by atoms with van der Waals surface area (Å²) < 4.78 is 0. The second kappa shape index (κ2) is 8.23. The first-order chi connectivity index (χ1) is 11.8. The van der Waals surface area contributed by atoms with E-state index in [4.69, 9.17) is 23.2 Å². The maximum Gasteiger partial charge on any atom is 0.254 e. The third-order valence-corrected chi connectivity index (χ3v) is 4.30. The van der Waals surface area contributed by atoms with Crippen LogP contribution in [0, 0.1) is 0 Å². The van der Waals surface area contributed by atoms with E-state index in [1.807, 2.05) is 31.1 Å². The third kappa shape index (κ3) is 5.11. The van der Waals surface area contributed by atoms with Crippen LogP contribution in [0.5, 0.6) is 0 Å². The Bertz CT molecular complexity index is 776. The van der Waals surface area contributed by atoms with E-state index in [0.29, 0.717) is 21.3 Å². The molecule has 7 heteroatoms. The number of carbonyl (C=O) groups is 2. The van der Waals surface area contributed by atoms with Crippen LogP contribution in [0.4, 0.5) is 11.4 Å². The number of benzene rings is 2. The van der Waals surface area contributed by atoms with Crippen molar-refractivity contribution in [1.82, 2.24) is 4.90 Å². The van der Waals surface area contributed by atoms with Crippen LogP contribution in [0.25, 0.3) is 0 Å². The van der Waals surface area contributed by atoms with E-state index >= 15 is 0 Å². The first-order valence-corrected chi connectivity index (χ1v) is 8.31. The number of hydrogen-bond donors (Lipinski definition) is 1. The molecule has 0 aromatic heterocycles. The first-order valence-electron chi connectivity index (χ1n) is 7.55. The first kappa shape index (κ1) is 19.1. The number of amides is 2. The normalized spacial score (nSPS) is 10.3. The number of hydrogen-bond acceptors (Lipinski definition) is 3. The summed E-state index contributed by atoms with van der Waals surface area (Å²) >= 11 is 11.8. The van der Waals surface area contributed by atoms with E-state index in [1.54, 1.807) is 37.4 Å². The lowest BCUT2D eigenvalue weighted by Crippen LogP contribution is -2.34. The SMILES string of the molecule is CN(CC(=O)Nc1ccc(Cl)c(Cl)c1)C(=O)c1ccc(N(C)C)cc1. The molecule has 0 aliphatic rings. The van der Waals surface area contributed by atoms with E-state index in [0.717, 1.165) is 5.69 Å². The molecule has 0 heterocycles. The Balaban J connectivity index is 1.97. The van der Waals surface area contributed by atoms with E-state index < -0.39 is 0 Å². The topological polar surface area (TPSA) is 52.7 Å². The molecular formula is C18H19Cl2N3O2. The number of rotatable bonds is 5. The van der Waals surface area contributed by atoms with Crippen molar-refractivity contribution in [2.45, 2.75) is 0 Å². The largest absolute Gasteiger partial charge is 0.378 e. The van der Waals surface area contributed by atoms with Gasteiger partial charge in [0.25, 0.3) is 5.91 Å². The van der Waals surface area contributed by atoms with Crippen LogP contribution in [0.15, 0.2) is 42.5 Å². The molecule has 0 radical (unpaired) electrons. The number of carbonyl (C=O) groups excluding carboxylic acids is 2. The predicted molar refractivity (Wildman–Crippen MR) is 103 cm³/mol. The fourth-order valence-corrected chi connectivity index (χ4v) is 2.48. The zero-order chi connectivity index (χ0) is 18.6. The monoisotopic (exact) mass is 379 g/mol. The minimum Gasteiger partial charge on any atom is -0.378 e. The van der Waals surface area contributed by atoms with E-state index in [-0.39, 0.29) is 18.4 Å². The molecule has 5 nitrogen and oxygen atoms in total. The molecule has 0 aliphatic carbocycles. The van der Waals surface area contributed by atoms with Crippen molar-refractivity contribution >= 4 is 46.4 Å². The Morgan fingerprint density at radius 2 is 1.60 bits per heavy atom. The second-order valence-electron chi connectivity index (χ2n) is 5.78. The van der Waals surface area contributed by atoms with E-state index in [1.165, 1.54) is 4.90 Å². The lowest BCUT2D eigenvalue weighted by molar-refractivity contribution is -0.116. The molecule has 2 amide bonds. The van der Waals surface area contributed by atoms with Crippen LogP contribution in [-0.4, -0.2) is 44.4 Å². The van der Waals surface area contributed by atoms with Gasteiger partial charge in [0, 0.05) is 38.1 Å². The molecular weight excluding hydrogens is 361 g/mol. The van der Waals surface area contributed by atoms with Gasteiger partial charge in [-0.3, -0.25) is 9.59 Å². The van der Waals surface area contributed by atoms with Crippen LogP contribution >= 0.6 is 23.2 Å². The summed E-state index contributed by atoms with van der Waals surface area (Å²) in [4.78, 5) is 27.8. The molecule has 0 saturated heterocycles. The highest BCUT2D eigenvalue weighted by atomic mass is 35.5. The van der Waals surface area contributed by atoms with Crippen LogP contribution in [0.3, 0.4) is 0 Å². The van der Waals surface area contributed by atoms with Crippen LogP contribution in [-0.2, 0) is 4.79 Å². The van der Waals surface area contributed by atoms with Gasteiger partial charge in [0.1, 0.15) is 0 Å². The van der Waals surface area contributed by atoms with Crippen LogP contribution in [0.2, 0.25) is 10.0 Å². The van der Waals surface area contributed by atoms with Crippen molar-refractivity contribution in [3.05, 3.63) is 58.1 Å². The Morgan fingerprint density at radius 1 is 0.960 bits per heavy atom. The van der Waals surface area contributed by atoms with Crippen molar-refractivity contribution in [2.75, 3.05) is 37.9 Å². The summed E-state index contributed by atoms with van der Waals surface area (Å²) in [6, 6.07) is 12.0. The maximum atomic E-state index is 12.4. The van der Waals surface area contributed by atoms with Gasteiger partial charge in [-0.15, -0.1) is 0 Å². The zero-order valence-electron chi connectivity index (χ0n) is 14.2. The molecule has 25 heavy (non-hydrogen) atoms. The second-order valence-corrected chi connectivity index (χ2v) is 6.59. The summed E-state index contributed by atoms with van der Waals surface area (Å²) in [5, 5.41) is 3.45. The molecule has 0 atom stereocenters. The molecule has 132 valence electrons. The van der Waals surface area contributed by atoms with Crippen molar-refractivity contribution in [3.8, 4) is 0 Å². The minimum atomic E-state index is -0.320. The van der Waals surface area contributed by atoms with Gasteiger partial charge in [-0.1, -0.05) is 23.2 Å². The Kier molecular flexibility index (Phi) is 6.28. The lowest BCUT2D eigenvalue weighted by Gasteiger charge is -2.18. The fraction of sp³-hybridized carbons (Fsp3) is 0.222. The fourth-order valence-electron chi connectivity index (χ4n) is 2.18. The summed E-state index contributed by atoms with van der Waals surface area (Å²) in [6.07, 6.45) is 0. The standard InChI is InChI=1S/C18H19Cl2N3O2/c1-22(2)14-7-4-12(5-8-14)18(25)23(3)11-17(24)21-13-6-9-15(19)16(20)10-13/h4-10H,11H2,1-3H3,(H,21,24). The maximum absolute atomic E-state index is 12.4. The quantitative estimate of drug-likeness (QED) is 0.859. The molecule has 2 aromatic rings. The van der Waals surface area contributed by atoms with Gasteiger partial charge >= 0.3 is 0 Å². The molecule has 2 rings (SSSR count). The van der Waals surface area contributed by atoms with Crippen LogP contribution in [0.1, 0.15) is 10.4 Å². The van der Waals surface area contributed by atoms with Gasteiger partial charge in [-0.05, 0) is 42.5 Å². The van der Waals surface area contributed by atoms with Crippen molar-refractivity contribution in [3.63, 3.8) is 0 Å². The minimum absolute atomic E-state index is 0.0749. The highest BCUT2D eigenvalue weighted by Gasteiger charge is 2.15. The number of nitrogens with one attached hydrogen (secondary N) is 1. The van der Waals surface area contributed by atoms with Gasteiger partial charge in [0.2, 0.25) is 5.91 Å². The zero-order valence-corrected chi connectivity index (χ0v) is 15.7. The molecule has 0 aliphatic heterocycles.